The molecule has 1 rings (SSSR count). The number of carbonyl (C=O) groups is 3. The van der Waals surface area contributed by atoms with E-state index in [4.69, 9.17) is 4.74 Å². The second-order valence-electron chi connectivity index (χ2n) is 3.87. The highest BCUT2D eigenvalue weighted by atomic mass is 16.5. The third-order valence-electron chi connectivity index (χ3n) is 2.60. The molecular weight excluding hydrogens is 240 g/mol. The maximum atomic E-state index is 11.8. The molecule has 1 N–H and O–H groups in total. The van der Waals surface area contributed by atoms with E-state index in [1.807, 2.05) is 6.92 Å². The Balaban J connectivity index is 2.70. The molecule has 7 heteroatoms. The van der Waals surface area contributed by atoms with Gasteiger partial charge < -0.3 is 19.7 Å². The van der Waals surface area contributed by atoms with Crippen molar-refractivity contribution < 1.29 is 23.9 Å². The van der Waals surface area contributed by atoms with Gasteiger partial charge in [0.1, 0.15) is 6.04 Å². The Kier molecular flexibility index (Phi) is 5.57. The van der Waals surface area contributed by atoms with Crippen molar-refractivity contribution in [2.24, 2.45) is 0 Å². The zero-order valence-corrected chi connectivity index (χ0v) is 10.6. The Hall–Kier alpha value is -1.63. The summed E-state index contributed by atoms with van der Waals surface area (Å²) in [4.78, 5) is 36.0. The number of carbonyl (C=O) groups excluding carboxylic acids is 3. The minimum absolute atomic E-state index is 0.0955. The maximum absolute atomic E-state index is 11.8. The van der Waals surface area contributed by atoms with Crippen molar-refractivity contribution in [1.29, 1.82) is 0 Å². The van der Waals surface area contributed by atoms with Gasteiger partial charge in [0.25, 0.3) is 0 Å². The van der Waals surface area contributed by atoms with Crippen LogP contribution in [0.1, 0.15) is 13.3 Å². The number of methoxy groups -OCH3 is 1. The van der Waals surface area contributed by atoms with Crippen molar-refractivity contribution in [1.82, 2.24) is 10.2 Å². The lowest BCUT2D eigenvalue weighted by Crippen LogP contribution is -2.57. The van der Waals surface area contributed by atoms with E-state index in [0.717, 1.165) is 13.5 Å². The number of rotatable bonds is 3. The fraction of sp³-hybridized carbons (Fsp3) is 0.727. The largest absolute Gasteiger partial charge is 0.462 e. The topological polar surface area (TPSA) is 84.9 Å². The molecule has 2 amide bonds. The normalized spacial score (nSPS) is 19.2. The van der Waals surface area contributed by atoms with Gasteiger partial charge in [-0.25, -0.2) is 4.79 Å². The van der Waals surface area contributed by atoms with Gasteiger partial charge in [-0.1, -0.05) is 6.92 Å². The van der Waals surface area contributed by atoms with Gasteiger partial charge in [-0.15, -0.1) is 0 Å². The first-order valence-corrected chi connectivity index (χ1v) is 5.86. The summed E-state index contributed by atoms with van der Waals surface area (Å²) in [6.07, 6.45) is 0.796. The summed E-state index contributed by atoms with van der Waals surface area (Å²) < 4.78 is 9.54. The van der Waals surface area contributed by atoms with Crippen molar-refractivity contribution in [2.75, 3.05) is 33.4 Å². The number of nitrogens with one attached hydrogen (secondary N) is 1. The summed E-state index contributed by atoms with van der Waals surface area (Å²) in [7, 11) is 1.13. The molecule has 1 saturated heterocycles. The molecule has 7 nitrogen and oxygen atoms in total. The van der Waals surface area contributed by atoms with E-state index in [0.29, 0.717) is 13.2 Å². The second-order valence-corrected chi connectivity index (χ2v) is 3.87. The van der Waals surface area contributed by atoms with E-state index in [2.05, 4.69) is 10.1 Å². The van der Waals surface area contributed by atoms with Gasteiger partial charge in [-0.3, -0.25) is 9.59 Å². The fourth-order valence-electron chi connectivity index (χ4n) is 1.63. The summed E-state index contributed by atoms with van der Waals surface area (Å²) in [5.74, 6) is -2.09. The lowest BCUT2D eigenvalue weighted by atomic mass is 10.2. The highest BCUT2D eigenvalue weighted by Gasteiger charge is 2.35. The molecule has 0 aromatic rings. The van der Waals surface area contributed by atoms with Gasteiger partial charge in [0.2, 0.25) is 5.91 Å². The first kappa shape index (κ1) is 14.4. The number of morpholine rings is 1. The molecule has 0 aliphatic carbocycles. The van der Waals surface area contributed by atoms with E-state index >= 15 is 0 Å². The predicted molar refractivity (Wildman–Crippen MR) is 61.6 cm³/mol. The molecule has 0 saturated carbocycles. The molecule has 1 heterocycles. The van der Waals surface area contributed by atoms with Crippen LogP contribution >= 0.6 is 0 Å². The minimum Gasteiger partial charge on any atom is -0.462 e. The van der Waals surface area contributed by atoms with E-state index < -0.39 is 17.9 Å². The van der Waals surface area contributed by atoms with Crippen LogP contribution in [0.5, 0.6) is 0 Å². The van der Waals surface area contributed by atoms with Crippen LogP contribution in [0.2, 0.25) is 0 Å². The SMILES string of the molecule is CCCNC(=O)C1COCCN1C(=O)C(=O)OC. The summed E-state index contributed by atoms with van der Waals surface area (Å²) in [6, 6.07) is -0.767. The Morgan fingerprint density at radius 1 is 1.44 bits per heavy atom. The number of hydrogen-bond acceptors (Lipinski definition) is 5. The smallest absolute Gasteiger partial charge is 0.396 e. The van der Waals surface area contributed by atoms with Crippen molar-refractivity contribution in [3.05, 3.63) is 0 Å². The molecule has 0 aromatic heterocycles. The molecule has 0 radical (unpaired) electrons. The van der Waals surface area contributed by atoms with Crippen LogP contribution in [-0.2, 0) is 23.9 Å². The molecule has 0 aromatic carbocycles. The summed E-state index contributed by atoms with van der Waals surface area (Å²) >= 11 is 0. The Morgan fingerprint density at radius 2 is 2.17 bits per heavy atom. The Bertz CT molecular complexity index is 331. The third kappa shape index (κ3) is 3.43. The van der Waals surface area contributed by atoms with Crippen molar-refractivity contribution in [2.45, 2.75) is 19.4 Å². The Morgan fingerprint density at radius 3 is 2.78 bits per heavy atom. The molecule has 1 atom stereocenters. The van der Waals surface area contributed by atoms with Crippen molar-refractivity contribution in [3.63, 3.8) is 0 Å². The Labute approximate surface area is 105 Å². The van der Waals surface area contributed by atoms with Crippen LogP contribution < -0.4 is 5.32 Å². The van der Waals surface area contributed by atoms with E-state index in [1.54, 1.807) is 0 Å². The molecule has 1 unspecified atom stereocenters. The highest BCUT2D eigenvalue weighted by Crippen LogP contribution is 2.08. The zero-order chi connectivity index (χ0) is 13.5. The molecule has 0 spiro atoms. The molecule has 18 heavy (non-hydrogen) atoms. The van der Waals surface area contributed by atoms with E-state index in [1.165, 1.54) is 4.90 Å². The monoisotopic (exact) mass is 258 g/mol. The average Bonchev–Trinajstić information content (AvgIpc) is 2.43. The highest BCUT2D eigenvalue weighted by molar-refractivity contribution is 6.32. The van der Waals surface area contributed by atoms with E-state index in [-0.39, 0.29) is 19.1 Å². The first-order valence-electron chi connectivity index (χ1n) is 5.86. The van der Waals surface area contributed by atoms with E-state index in [9.17, 15) is 14.4 Å². The van der Waals surface area contributed by atoms with Gasteiger partial charge in [-0.05, 0) is 6.42 Å². The molecule has 0 bridgehead atoms. The second kappa shape index (κ2) is 6.95. The molecule has 1 aliphatic rings. The van der Waals surface area contributed by atoms with Gasteiger partial charge in [0, 0.05) is 13.1 Å². The average molecular weight is 258 g/mol. The number of esters is 1. The molecule has 1 aliphatic heterocycles. The number of ether oxygens (including phenoxy) is 2. The van der Waals surface area contributed by atoms with Crippen LogP contribution in [0, 0.1) is 0 Å². The third-order valence-corrected chi connectivity index (χ3v) is 2.60. The lowest BCUT2D eigenvalue weighted by Gasteiger charge is -2.33. The molecule has 102 valence electrons. The molecular formula is C11H18N2O5. The van der Waals surface area contributed by atoms with Crippen LogP contribution in [0.25, 0.3) is 0 Å². The van der Waals surface area contributed by atoms with Gasteiger partial charge in [0.15, 0.2) is 0 Å². The summed E-state index contributed by atoms with van der Waals surface area (Å²) in [5.41, 5.74) is 0. The maximum Gasteiger partial charge on any atom is 0.396 e. The first-order chi connectivity index (χ1) is 8.61. The summed E-state index contributed by atoms with van der Waals surface area (Å²) in [6.45, 7) is 3.06. The van der Waals surface area contributed by atoms with Crippen LogP contribution in [-0.4, -0.2) is 62.1 Å². The quantitative estimate of drug-likeness (QED) is 0.514. The van der Waals surface area contributed by atoms with Crippen molar-refractivity contribution >= 4 is 17.8 Å². The minimum atomic E-state index is -0.967. The van der Waals surface area contributed by atoms with Gasteiger partial charge in [-0.2, -0.15) is 0 Å². The summed E-state index contributed by atoms with van der Waals surface area (Å²) in [5, 5.41) is 2.68. The van der Waals surface area contributed by atoms with Crippen molar-refractivity contribution in [3.8, 4) is 0 Å². The zero-order valence-electron chi connectivity index (χ0n) is 10.6. The number of amides is 2. The molecule has 1 fully saturated rings. The predicted octanol–water partition coefficient (Wildman–Crippen LogP) is -1.09. The number of nitrogens with zero attached hydrogens (tertiary/aromatic N) is 1. The van der Waals surface area contributed by atoms with Gasteiger partial charge in [0.05, 0.1) is 20.3 Å². The number of hydrogen-bond donors (Lipinski definition) is 1. The lowest BCUT2D eigenvalue weighted by molar-refractivity contribution is -0.164. The van der Waals surface area contributed by atoms with Crippen LogP contribution in [0.15, 0.2) is 0 Å². The van der Waals surface area contributed by atoms with Gasteiger partial charge >= 0.3 is 11.9 Å². The fourth-order valence-corrected chi connectivity index (χ4v) is 1.63. The van der Waals surface area contributed by atoms with Crippen LogP contribution in [0.3, 0.4) is 0 Å². The standard InChI is InChI=1S/C11H18N2O5/c1-3-4-12-9(14)8-7-18-6-5-13(8)10(15)11(16)17-2/h8H,3-7H2,1-2H3,(H,12,14). The van der Waals surface area contributed by atoms with Crippen LogP contribution in [0.4, 0.5) is 0 Å².